The summed E-state index contributed by atoms with van der Waals surface area (Å²) in [5.41, 5.74) is 0. The Morgan fingerprint density at radius 2 is 1.24 bits per heavy atom. The lowest BCUT2D eigenvalue weighted by molar-refractivity contribution is -0.147. The van der Waals surface area contributed by atoms with Gasteiger partial charge in [0.1, 0.15) is 12.7 Å². The van der Waals surface area contributed by atoms with Crippen LogP contribution in [0, 0.1) is 0 Å². The number of carbonyl (C=O) groups excluding carboxylic acids is 2. The van der Waals surface area contributed by atoms with E-state index in [1.165, 1.54) is 89.9 Å². The van der Waals surface area contributed by atoms with Gasteiger partial charge in [-0.25, -0.2) is 4.57 Å². The molecule has 0 aromatic carbocycles. The second-order valence-corrected chi connectivity index (χ2v) is 12.6. The number of ether oxygens (including phenoxy) is 1. The summed E-state index contributed by atoms with van der Waals surface area (Å²) in [6, 6.07) is 0. The molecule has 0 aliphatic carbocycles. The Hall–Kier alpha value is -1.25. The van der Waals surface area contributed by atoms with Crippen LogP contribution in [0.5, 0.6) is 0 Å². The summed E-state index contributed by atoms with van der Waals surface area (Å²) in [6.45, 7) is 3.28. The fourth-order valence-corrected chi connectivity index (χ4v) is 5.11. The highest BCUT2D eigenvalue weighted by atomic mass is 31.2. The highest BCUT2D eigenvalue weighted by Crippen LogP contribution is 2.42. The fourth-order valence-electron chi connectivity index (χ4n) is 4.35. The van der Waals surface area contributed by atoms with Gasteiger partial charge in [-0.15, -0.1) is 0 Å². The van der Waals surface area contributed by atoms with E-state index >= 15 is 0 Å². The molecule has 42 heavy (non-hydrogen) atoms. The van der Waals surface area contributed by atoms with Gasteiger partial charge in [-0.05, 0) is 38.5 Å². The van der Waals surface area contributed by atoms with Crippen molar-refractivity contribution in [3.8, 4) is 0 Å². The van der Waals surface area contributed by atoms with Crippen LogP contribution in [0.3, 0.4) is 0 Å². The van der Waals surface area contributed by atoms with Gasteiger partial charge in [0, 0.05) is 19.4 Å². The predicted molar refractivity (Wildman–Crippen MR) is 169 cm³/mol. The van der Waals surface area contributed by atoms with Gasteiger partial charge in [-0.2, -0.15) is 0 Å². The molecule has 0 spiro atoms. The third-order valence-corrected chi connectivity index (χ3v) is 7.93. The molecule has 0 bridgehead atoms. The van der Waals surface area contributed by atoms with E-state index < -0.39 is 26.5 Å². The van der Waals surface area contributed by atoms with Crippen molar-refractivity contribution in [3.63, 3.8) is 0 Å². The molecular formula is C32H62NO8P. The van der Waals surface area contributed by atoms with E-state index in [1.807, 2.05) is 6.92 Å². The van der Waals surface area contributed by atoms with Gasteiger partial charge in [0.05, 0.1) is 13.2 Å². The minimum absolute atomic E-state index is 0.0775. The average molecular weight is 620 g/mol. The number of aliphatic hydroxyl groups is 1. The first-order valence-electron chi connectivity index (χ1n) is 16.7. The minimum Gasteiger partial charge on any atom is -0.463 e. The monoisotopic (exact) mass is 619 g/mol. The van der Waals surface area contributed by atoms with E-state index in [4.69, 9.17) is 13.8 Å². The maximum absolute atomic E-state index is 11.9. The summed E-state index contributed by atoms with van der Waals surface area (Å²) in [4.78, 5) is 33.0. The van der Waals surface area contributed by atoms with Gasteiger partial charge < -0.3 is 20.1 Å². The second kappa shape index (κ2) is 29.8. The number of hydrogen-bond acceptors (Lipinski definition) is 7. The molecule has 0 radical (unpaired) electrons. The van der Waals surface area contributed by atoms with Crippen molar-refractivity contribution in [1.29, 1.82) is 0 Å². The van der Waals surface area contributed by atoms with Crippen LogP contribution in [-0.2, 0) is 27.9 Å². The number of allylic oxidation sites excluding steroid dienone is 2. The van der Waals surface area contributed by atoms with E-state index in [-0.39, 0.29) is 32.1 Å². The molecule has 0 rings (SSSR count). The summed E-state index contributed by atoms with van der Waals surface area (Å²) in [5.74, 6) is -0.554. The summed E-state index contributed by atoms with van der Waals surface area (Å²) in [7, 11) is -4.38. The fraction of sp³-hybridized carbons (Fsp3) is 0.875. The Labute approximate surface area is 256 Å². The molecule has 2 unspecified atom stereocenters. The van der Waals surface area contributed by atoms with Gasteiger partial charge in [0.25, 0.3) is 0 Å². The summed E-state index contributed by atoms with van der Waals surface area (Å²) < 4.78 is 26.4. The van der Waals surface area contributed by atoms with Gasteiger partial charge in [0.2, 0.25) is 5.91 Å². The first-order chi connectivity index (χ1) is 20.3. The van der Waals surface area contributed by atoms with Crippen molar-refractivity contribution >= 4 is 19.7 Å². The van der Waals surface area contributed by atoms with Gasteiger partial charge >= 0.3 is 13.8 Å². The first kappa shape index (κ1) is 40.8. The summed E-state index contributed by atoms with van der Waals surface area (Å²) in [6.07, 6.45) is 26.8. The summed E-state index contributed by atoms with van der Waals surface area (Å²) >= 11 is 0. The number of esters is 1. The molecule has 3 N–H and O–H groups in total. The molecule has 0 aromatic heterocycles. The lowest BCUT2D eigenvalue weighted by Gasteiger charge is -2.15. The predicted octanol–water partition coefficient (Wildman–Crippen LogP) is 7.93. The van der Waals surface area contributed by atoms with E-state index in [1.54, 1.807) is 0 Å². The molecule has 10 heteroatoms. The third-order valence-electron chi connectivity index (χ3n) is 6.95. The Balaban J connectivity index is 3.54. The van der Waals surface area contributed by atoms with Crippen LogP contribution < -0.4 is 5.32 Å². The van der Waals surface area contributed by atoms with Gasteiger partial charge in [-0.3, -0.25) is 18.6 Å². The number of amides is 1. The van der Waals surface area contributed by atoms with Crippen LogP contribution >= 0.6 is 7.82 Å². The quantitative estimate of drug-likeness (QED) is 0.0309. The number of unbranched alkanes of at least 4 members (excludes halogenated alkanes) is 16. The highest BCUT2D eigenvalue weighted by molar-refractivity contribution is 7.47. The second-order valence-electron chi connectivity index (χ2n) is 11.1. The van der Waals surface area contributed by atoms with Crippen molar-refractivity contribution in [2.45, 2.75) is 155 Å². The minimum atomic E-state index is -4.38. The van der Waals surface area contributed by atoms with Crippen molar-refractivity contribution in [2.24, 2.45) is 0 Å². The van der Waals surface area contributed by atoms with Crippen LogP contribution in [0.15, 0.2) is 12.2 Å². The van der Waals surface area contributed by atoms with Crippen LogP contribution in [0.4, 0.5) is 0 Å². The number of hydrogen-bond donors (Lipinski definition) is 3. The zero-order valence-corrected chi connectivity index (χ0v) is 27.6. The molecule has 0 aliphatic rings. The lowest BCUT2D eigenvalue weighted by atomic mass is 10.1. The molecule has 248 valence electrons. The van der Waals surface area contributed by atoms with E-state index in [2.05, 4.69) is 24.4 Å². The largest absolute Gasteiger partial charge is 0.472 e. The van der Waals surface area contributed by atoms with Crippen LogP contribution in [0.25, 0.3) is 0 Å². The Morgan fingerprint density at radius 1 is 0.714 bits per heavy atom. The SMILES string of the molecule is CCCCCCCC/C=C/CCCCCCCCCCCC(=O)OCC(O)COP(=O)(O)OCCNC(=O)CCCC. The van der Waals surface area contributed by atoms with Crippen molar-refractivity contribution in [1.82, 2.24) is 5.32 Å². The number of aliphatic hydroxyl groups excluding tert-OH is 1. The molecule has 0 heterocycles. The maximum Gasteiger partial charge on any atom is 0.472 e. The topological polar surface area (TPSA) is 131 Å². The standard InChI is InChI=1S/C32H62NO8P/c1-3-5-7-8-9-10-11-12-13-14-15-16-17-18-19-20-21-22-23-25-32(36)39-28-30(34)29-41-42(37,38)40-27-26-33-31(35)24-6-4-2/h12-13,30,34H,3-11,14-29H2,1-2H3,(H,33,35)(H,37,38)/b13-12+. The van der Waals surface area contributed by atoms with Crippen LogP contribution in [0.1, 0.15) is 149 Å². The highest BCUT2D eigenvalue weighted by Gasteiger charge is 2.23. The molecule has 0 saturated heterocycles. The lowest BCUT2D eigenvalue weighted by Crippen LogP contribution is -2.27. The zero-order chi connectivity index (χ0) is 31.2. The van der Waals surface area contributed by atoms with Gasteiger partial charge in [0.15, 0.2) is 0 Å². The number of phosphoric ester groups is 1. The molecule has 0 aliphatic heterocycles. The first-order valence-corrected chi connectivity index (χ1v) is 18.2. The molecule has 0 fully saturated rings. The summed E-state index contributed by atoms with van der Waals surface area (Å²) in [5, 5.41) is 12.5. The van der Waals surface area contributed by atoms with E-state index in [0.717, 1.165) is 32.1 Å². The van der Waals surface area contributed by atoms with Crippen molar-refractivity contribution in [2.75, 3.05) is 26.4 Å². The maximum atomic E-state index is 11.9. The smallest absolute Gasteiger partial charge is 0.463 e. The van der Waals surface area contributed by atoms with Crippen LogP contribution in [-0.4, -0.2) is 54.3 Å². The number of phosphoric acid groups is 1. The molecule has 9 nitrogen and oxygen atoms in total. The van der Waals surface area contributed by atoms with Gasteiger partial charge in [-0.1, -0.05) is 109 Å². The Morgan fingerprint density at radius 3 is 1.81 bits per heavy atom. The molecule has 2 atom stereocenters. The normalized spacial score (nSPS) is 13.7. The van der Waals surface area contributed by atoms with E-state index in [9.17, 15) is 24.2 Å². The third kappa shape index (κ3) is 30.2. The number of nitrogens with one attached hydrogen (secondary N) is 1. The molecule has 0 aromatic rings. The molecular weight excluding hydrogens is 557 g/mol. The number of rotatable bonds is 31. The van der Waals surface area contributed by atoms with Crippen molar-refractivity contribution in [3.05, 3.63) is 12.2 Å². The van der Waals surface area contributed by atoms with E-state index in [0.29, 0.717) is 6.42 Å². The zero-order valence-electron chi connectivity index (χ0n) is 26.7. The molecule has 1 amide bonds. The Bertz CT molecular complexity index is 719. The Kier molecular flexibility index (Phi) is 28.9. The average Bonchev–Trinajstić information content (AvgIpc) is 2.97. The van der Waals surface area contributed by atoms with Crippen LogP contribution in [0.2, 0.25) is 0 Å². The van der Waals surface area contributed by atoms with Crippen molar-refractivity contribution < 1.29 is 37.9 Å². The number of carbonyl (C=O) groups is 2. The molecule has 0 saturated carbocycles.